The maximum Gasteiger partial charge on any atom is 0.0412 e. The minimum atomic E-state index is 0.582. The van der Waals surface area contributed by atoms with Crippen LogP contribution in [0.5, 0.6) is 0 Å². The van der Waals surface area contributed by atoms with Crippen molar-refractivity contribution in [2.45, 2.75) is 20.3 Å². The Morgan fingerprint density at radius 3 is 2.29 bits per heavy atom. The first-order valence-corrected chi connectivity index (χ1v) is 5.38. The van der Waals surface area contributed by atoms with Gasteiger partial charge in [0.25, 0.3) is 0 Å². The standard InChI is InChI=1S/C12H12Cl2/c1-9-7-11(14)8-10(2)12(9)5-3-4-6-13/h7-8H,4,6H2,1-2H3. The number of alkyl halides is 1. The van der Waals surface area contributed by atoms with Gasteiger partial charge in [-0.25, -0.2) is 0 Å². The summed E-state index contributed by atoms with van der Waals surface area (Å²) in [5.41, 5.74) is 3.31. The fourth-order valence-electron chi connectivity index (χ4n) is 1.31. The Morgan fingerprint density at radius 2 is 1.79 bits per heavy atom. The van der Waals surface area contributed by atoms with Crippen molar-refractivity contribution in [1.82, 2.24) is 0 Å². The summed E-state index contributed by atoms with van der Waals surface area (Å²) < 4.78 is 0. The zero-order valence-electron chi connectivity index (χ0n) is 8.32. The molecule has 0 saturated heterocycles. The predicted molar refractivity (Wildman–Crippen MR) is 63.1 cm³/mol. The van der Waals surface area contributed by atoms with Gasteiger partial charge >= 0.3 is 0 Å². The molecule has 74 valence electrons. The van der Waals surface area contributed by atoms with Crippen LogP contribution >= 0.6 is 23.2 Å². The summed E-state index contributed by atoms with van der Waals surface area (Å²) in [5.74, 6) is 6.73. The third-order valence-corrected chi connectivity index (χ3v) is 2.34. The minimum Gasteiger partial charge on any atom is -0.126 e. The topological polar surface area (TPSA) is 0 Å². The van der Waals surface area contributed by atoms with Crippen molar-refractivity contribution in [2.75, 3.05) is 5.88 Å². The number of benzene rings is 1. The Balaban J connectivity index is 3.04. The average molecular weight is 227 g/mol. The van der Waals surface area contributed by atoms with Gasteiger partial charge in [0.2, 0.25) is 0 Å². The summed E-state index contributed by atoms with van der Waals surface area (Å²) in [7, 11) is 0. The molecule has 0 unspecified atom stereocenters. The molecule has 1 rings (SSSR count). The second kappa shape index (κ2) is 5.29. The van der Waals surface area contributed by atoms with E-state index >= 15 is 0 Å². The highest BCUT2D eigenvalue weighted by atomic mass is 35.5. The Kier molecular flexibility index (Phi) is 4.32. The van der Waals surface area contributed by atoms with Crippen molar-refractivity contribution in [3.05, 3.63) is 33.8 Å². The summed E-state index contributed by atoms with van der Waals surface area (Å²) in [4.78, 5) is 0. The molecule has 0 atom stereocenters. The summed E-state index contributed by atoms with van der Waals surface area (Å²) in [5, 5.41) is 0.767. The average Bonchev–Trinajstić information content (AvgIpc) is 2.09. The monoisotopic (exact) mass is 226 g/mol. The normalized spacial score (nSPS) is 9.43. The maximum atomic E-state index is 5.91. The molecule has 0 aliphatic carbocycles. The first kappa shape index (κ1) is 11.4. The van der Waals surface area contributed by atoms with Crippen LogP contribution in [0.1, 0.15) is 23.1 Å². The van der Waals surface area contributed by atoms with Crippen LogP contribution in [0.15, 0.2) is 12.1 Å². The molecule has 0 spiro atoms. The van der Waals surface area contributed by atoms with Gasteiger partial charge < -0.3 is 0 Å². The largest absolute Gasteiger partial charge is 0.126 e. The van der Waals surface area contributed by atoms with Gasteiger partial charge in [-0.3, -0.25) is 0 Å². The molecule has 1 aromatic rings. The van der Waals surface area contributed by atoms with Gasteiger partial charge in [-0.15, -0.1) is 11.6 Å². The first-order valence-electron chi connectivity index (χ1n) is 4.46. The summed E-state index contributed by atoms with van der Waals surface area (Å²) in [6, 6.07) is 3.86. The van der Waals surface area contributed by atoms with E-state index in [-0.39, 0.29) is 0 Å². The van der Waals surface area contributed by atoms with Gasteiger partial charge in [0, 0.05) is 22.9 Å². The third kappa shape index (κ3) is 2.94. The molecule has 1 aromatic carbocycles. The number of hydrogen-bond donors (Lipinski definition) is 0. The van der Waals surface area contributed by atoms with Gasteiger partial charge in [-0.1, -0.05) is 23.4 Å². The lowest BCUT2D eigenvalue weighted by Crippen LogP contribution is -1.87. The van der Waals surface area contributed by atoms with Gasteiger partial charge in [-0.05, 0) is 37.1 Å². The lowest BCUT2D eigenvalue weighted by molar-refractivity contribution is 1.28. The fourth-order valence-corrected chi connectivity index (χ4v) is 1.73. The van der Waals surface area contributed by atoms with Crippen molar-refractivity contribution in [3.8, 4) is 11.8 Å². The molecule has 2 heteroatoms. The van der Waals surface area contributed by atoms with Crippen molar-refractivity contribution >= 4 is 23.2 Å². The number of rotatable bonds is 1. The van der Waals surface area contributed by atoms with Crippen molar-refractivity contribution in [2.24, 2.45) is 0 Å². The van der Waals surface area contributed by atoms with E-state index in [1.165, 1.54) is 0 Å². The molecule has 0 N–H and O–H groups in total. The highest BCUT2D eigenvalue weighted by molar-refractivity contribution is 6.30. The van der Waals surface area contributed by atoms with Crippen LogP contribution < -0.4 is 0 Å². The van der Waals surface area contributed by atoms with Crippen LogP contribution in [0.3, 0.4) is 0 Å². The van der Waals surface area contributed by atoms with E-state index < -0.39 is 0 Å². The Labute approximate surface area is 95.2 Å². The molecule has 0 nitrogen and oxygen atoms in total. The quantitative estimate of drug-likeness (QED) is 0.503. The first-order chi connectivity index (χ1) is 6.65. The van der Waals surface area contributed by atoms with Crippen molar-refractivity contribution < 1.29 is 0 Å². The summed E-state index contributed by atoms with van der Waals surface area (Å²) in [6.45, 7) is 4.03. The highest BCUT2D eigenvalue weighted by Crippen LogP contribution is 2.19. The Hall–Kier alpha value is -0.640. The summed E-state index contributed by atoms with van der Waals surface area (Å²) >= 11 is 11.5. The molecule has 0 saturated carbocycles. The second-order valence-electron chi connectivity index (χ2n) is 3.16. The molecule has 0 radical (unpaired) electrons. The van der Waals surface area contributed by atoms with Crippen LogP contribution in [-0.2, 0) is 0 Å². The summed E-state index contributed by atoms with van der Waals surface area (Å²) in [6.07, 6.45) is 0.725. The predicted octanol–water partition coefficient (Wildman–Crippen LogP) is 3.94. The van der Waals surface area contributed by atoms with Crippen molar-refractivity contribution in [3.63, 3.8) is 0 Å². The van der Waals surface area contributed by atoms with E-state index in [2.05, 4.69) is 11.8 Å². The Bertz CT molecular complexity index is 360. The molecular weight excluding hydrogens is 215 g/mol. The van der Waals surface area contributed by atoms with Gasteiger partial charge in [0.1, 0.15) is 0 Å². The number of halogens is 2. The van der Waals surface area contributed by atoms with E-state index in [4.69, 9.17) is 23.2 Å². The van der Waals surface area contributed by atoms with Crippen molar-refractivity contribution in [1.29, 1.82) is 0 Å². The lowest BCUT2D eigenvalue weighted by Gasteiger charge is -2.03. The molecule has 0 heterocycles. The smallest absolute Gasteiger partial charge is 0.0412 e. The molecule has 0 aromatic heterocycles. The second-order valence-corrected chi connectivity index (χ2v) is 3.97. The highest BCUT2D eigenvalue weighted by Gasteiger charge is 2.00. The van der Waals surface area contributed by atoms with Crippen LogP contribution in [0.25, 0.3) is 0 Å². The lowest BCUT2D eigenvalue weighted by atomic mass is 10.0. The van der Waals surface area contributed by atoms with E-state index in [9.17, 15) is 0 Å². The third-order valence-electron chi connectivity index (χ3n) is 1.93. The van der Waals surface area contributed by atoms with E-state index in [1.54, 1.807) is 0 Å². The number of aryl methyl sites for hydroxylation is 2. The number of hydrogen-bond acceptors (Lipinski definition) is 0. The minimum absolute atomic E-state index is 0.582. The van der Waals surface area contributed by atoms with Crippen LogP contribution in [-0.4, -0.2) is 5.88 Å². The SMILES string of the molecule is Cc1cc(Cl)cc(C)c1C#CCCCl. The van der Waals surface area contributed by atoms with Gasteiger partial charge in [-0.2, -0.15) is 0 Å². The molecule has 0 aliphatic rings. The zero-order chi connectivity index (χ0) is 10.6. The molecule has 0 bridgehead atoms. The maximum absolute atomic E-state index is 5.91. The zero-order valence-corrected chi connectivity index (χ0v) is 9.84. The van der Waals surface area contributed by atoms with Crippen LogP contribution in [0.2, 0.25) is 5.02 Å². The van der Waals surface area contributed by atoms with E-state index in [0.29, 0.717) is 5.88 Å². The fraction of sp³-hybridized carbons (Fsp3) is 0.333. The molecule has 0 aliphatic heterocycles. The van der Waals surface area contributed by atoms with Gasteiger partial charge in [0.15, 0.2) is 0 Å². The van der Waals surface area contributed by atoms with Crippen LogP contribution in [0, 0.1) is 25.7 Å². The molecular formula is C12H12Cl2. The molecule has 0 amide bonds. The van der Waals surface area contributed by atoms with E-state index in [0.717, 1.165) is 28.1 Å². The van der Waals surface area contributed by atoms with Crippen LogP contribution in [0.4, 0.5) is 0 Å². The van der Waals surface area contributed by atoms with E-state index in [1.807, 2.05) is 26.0 Å². The Morgan fingerprint density at radius 1 is 1.21 bits per heavy atom. The molecule has 14 heavy (non-hydrogen) atoms. The molecule has 0 fully saturated rings. The van der Waals surface area contributed by atoms with Gasteiger partial charge in [0.05, 0.1) is 0 Å².